The molecular formula is C14H14N2O3. The first-order chi connectivity index (χ1) is 9.22. The zero-order valence-corrected chi connectivity index (χ0v) is 10.6. The van der Waals surface area contributed by atoms with Crippen molar-refractivity contribution in [2.75, 3.05) is 6.61 Å². The summed E-state index contributed by atoms with van der Waals surface area (Å²) >= 11 is 0. The van der Waals surface area contributed by atoms with Crippen molar-refractivity contribution in [3.05, 3.63) is 47.3 Å². The van der Waals surface area contributed by atoms with Crippen molar-refractivity contribution in [2.24, 2.45) is 0 Å². The molecule has 0 saturated carbocycles. The number of nitrogens with zero attached hydrogens (tertiary/aromatic N) is 1. The predicted molar refractivity (Wildman–Crippen MR) is 68.1 cm³/mol. The summed E-state index contributed by atoms with van der Waals surface area (Å²) in [4.78, 5) is 11.9. The van der Waals surface area contributed by atoms with Gasteiger partial charge in [-0.2, -0.15) is 0 Å². The molecule has 0 aliphatic carbocycles. The van der Waals surface area contributed by atoms with Crippen LogP contribution in [0.4, 0.5) is 0 Å². The van der Waals surface area contributed by atoms with Crippen molar-refractivity contribution in [3.63, 3.8) is 0 Å². The molecule has 0 radical (unpaired) electrons. The first kappa shape index (κ1) is 11.8. The Morgan fingerprint density at radius 2 is 2.26 bits per heavy atom. The monoisotopic (exact) mass is 258 g/mol. The van der Waals surface area contributed by atoms with E-state index in [1.807, 2.05) is 24.3 Å². The number of para-hydroxylation sites is 1. The van der Waals surface area contributed by atoms with Gasteiger partial charge in [0.05, 0.1) is 11.7 Å². The summed E-state index contributed by atoms with van der Waals surface area (Å²) in [5.41, 5.74) is 1.79. The van der Waals surface area contributed by atoms with Crippen LogP contribution in [0.1, 0.15) is 21.8 Å². The van der Waals surface area contributed by atoms with E-state index >= 15 is 0 Å². The lowest BCUT2D eigenvalue weighted by molar-refractivity contribution is 0.0878. The Balaban J connectivity index is 1.68. The van der Waals surface area contributed by atoms with Gasteiger partial charge in [0, 0.05) is 6.07 Å². The second-order valence-corrected chi connectivity index (χ2v) is 4.63. The van der Waals surface area contributed by atoms with Crippen LogP contribution < -0.4 is 10.1 Å². The summed E-state index contributed by atoms with van der Waals surface area (Å²) in [6, 6.07) is 9.42. The summed E-state index contributed by atoms with van der Waals surface area (Å²) in [7, 11) is 0. The molecule has 1 aromatic heterocycles. The molecule has 0 spiro atoms. The number of fused-ring (bicyclic) bond motifs is 1. The Bertz CT molecular complexity index is 606. The van der Waals surface area contributed by atoms with Crippen LogP contribution in [0.3, 0.4) is 0 Å². The van der Waals surface area contributed by atoms with Crippen molar-refractivity contribution in [1.29, 1.82) is 0 Å². The standard InChI is InChI=1S/C14H14N2O3/c1-9-6-13(19-16-9)14(17)15-11-7-10-4-2-3-5-12(10)18-8-11/h2-6,11H,7-8H2,1H3,(H,15,17)/t11-/m0/s1. The highest BCUT2D eigenvalue weighted by atomic mass is 16.5. The van der Waals surface area contributed by atoms with E-state index in [-0.39, 0.29) is 17.7 Å². The van der Waals surface area contributed by atoms with Gasteiger partial charge in [0.25, 0.3) is 5.91 Å². The highest BCUT2D eigenvalue weighted by molar-refractivity contribution is 5.91. The Morgan fingerprint density at radius 3 is 3.05 bits per heavy atom. The average Bonchev–Trinajstić information content (AvgIpc) is 2.85. The van der Waals surface area contributed by atoms with Crippen LogP contribution >= 0.6 is 0 Å². The quantitative estimate of drug-likeness (QED) is 0.890. The molecule has 1 atom stereocenters. The van der Waals surface area contributed by atoms with E-state index in [0.29, 0.717) is 12.3 Å². The van der Waals surface area contributed by atoms with E-state index in [9.17, 15) is 4.79 Å². The fourth-order valence-electron chi connectivity index (χ4n) is 2.15. The molecule has 1 aliphatic rings. The third-order valence-corrected chi connectivity index (χ3v) is 3.07. The van der Waals surface area contributed by atoms with E-state index in [4.69, 9.17) is 9.26 Å². The van der Waals surface area contributed by atoms with E-state index in [1.165, 1.54) is 0 Å². The largest absolute Gasteiger partial charge is 0.491 e. The minimum Gasteiger partial charge on any atom is -0.491 e. The number of nitrogens with one attached hydrogen (secondary N) is 1. The van der Waals surface area contributed by atoms with E-state index in [2.05, 4.69) is 10.5 Å². The number of benzene rings is 1. The van der Waals surface area contributed by atoms with Gasteiger partial charge in [-0.25, -0.2) is 0 Å². The van der Waals surface area contributed by atoms with Crippen LogP contribution in [0.5, 0.6) is 5.75 Å². The Hall–Kier alpha value is -2.30. The summed E-state index contributed by atoms with van der Waals surface area (Å²) < 4.78 is 10.6. The van der Waals surface area contributed by atoms with Gasteiger partial charge in [0.1, 0.15) is 12.4 Å². The van der Waals surface area contributed by atoms with Gasteiger partial charge < -0.3 is 14.6 Å². The van der Waals surface area contributed by atoms with Gasteiger partial charge in [-0.05, 0) is 25.0 Å². The molecule has 1 N–H and O–H groups in total. The molecule has 0 saturated heterocycles. The predicted octanol–water partition coefficient (Wildman–Crippen LogP) is 1.72. The van der Waals surface area contributed by atoms with Crippen LogP contribution in [-0.4, -0.2) is 23.7 Å². The molecule has 2 heterocycles. The molecule has 2 aromatic rings. The van der Waals surface area contributed by atoms with Gasteiger partial charge in [-0.3, -0.25) is 4.79 Å². The number of aromatic nitrogens is 1. The summed E-state index contributed by atoms with van der Waals surface area (Å²) in [6.07, 6.45) is 0.759. The lowest BCUT2D eigenvalue weighted by atomic mass is 10.0. The minimum atomic E-state index is -0.256. The number of amides is 1. The van der Waals surface area contributed by atoms with E-state index in [0.717, 1.165) is 17.7 Å². The number of hydrogen-bond donors (Lipinski definition) is 1. The van der Waals surface area contributed by atoms with Crippen LogP contribution in [0.15, 0.2) is 34.9 Å². The summed E-state index contributed by atoms with van der Waals surface area (Å²) in [5, 5.41) is 6.59. The van der Waals surface area contributed by atoms with Gasteiger partial charge in [0.2, 0.25) is 5.76 Å². The lowest BCUT2D eigenvalue weighted by Gasteiger charge is -2.25. The minimum absolute atomic E-state index is 0.0483. The number of carbonyl (C=O) groups excluding carboxylic acids is 1. The van der Waals surface area contributed by atoms with E-state index < -0.39 is 0 Å². The Labute approximate surface area is 110 Å². The van der Waals surface area contributed by atoms with Gasteiger partial charge in [-0.15, -0.1) is 0 Å². The van der Waals surface area contributed by atoms with Crippen molar-refractivity contribution < 1.29 is 14.1 Å². The van der Waals surface area contributed by atoms with E-state index in [1.54, 1.807) is 13.0 Å². The second kappa shape index (κ2) is 4.76. The highest BCUT2D eigenvalue weighted by Crippen LogP contribution is 2.23. The van der Waals surface area contributed by atoms with Crippen molar-refractivity contribution >= 4 is 5.91 Å². The SMILES string of the molecule is Cc1cc(C(=O)N[C@@H]2COc3ccccc3C2)on1. The highest BCUT2D eigenvalue weighted by Gasteiger charge is 2.22. The molecule has 1 amide bonds. The molecule has 98 valence electrons. The molecule has 0 fully saturated rings. The van der Waals surface area contributed by atoms with Crippen LogP contribution in [-0.2, 0) is 6.42 Å². The van der Waals surface area contributed by atoms with Gasteiger partial charge in [0.15, 0.2) is 0 Å². The third kappa shape index (κ3) is 2.45. The molecule has 0 unspecified atom stereocenters. The number of rotatable bonds is 2. The van der Waals surface area contributed by atoms with Gasteiger partial charge in [-0.1, -0.05) is 23.4 Å². The molecular weight excluding hydrogens is 244 g/mol. The van der Waals surface area contributed by atoms with Gasteiger partial charge >= 0.3 is 0 Å². The number of ether oxygens (including phenoxy) is 1. The van der Waals surface area contributed by atoms with Crippen molar-refractivity contribution in [3.8, 4) is 5.75 Å². The second-order valence-electron chi connectivity index (χ2n) is 4.63. The molecule has 1 aliphatic heterocycles. The molecule has 0 bridgehead atoms. The maximum absolute atomic E-state index is 11.9. The fraction of sp³-hybridized carbons (Fsp3) is 0.286. The fourth-order valence-corrected chi connectivity index (χ4v) is 2.15. The number of carbonyl (C=O) groups is 1. The maximum atomic E-state index is 11.9. The lowest BCUT2D eigenvalue weighted by Crippen LogP contribution is -2.42. The summed E-state index contributed by atoms with van der Waals surface area (Å²) in [5.74, 6) is 0.869. The van der Waals surface area contributed by atoms with Crippen molar-refractivity contribution in [2.45, 2.75) is 19.4 Å². The Morgan fingerprint density at radius 1 is 1.42 bits per heavy atom. The molecule has 5 heteroatoms. The molecule has 1 aromatic carbocycles. The number of aryl methyl sites for hydroxylation is 1. The van der Waals surface area contributed by atoms with Crippen LogP contribution in [0.25, 0.3) is 0 Å². The number of hydrogen-bond acceptors (Lipinski definition) is 4. The Kier molecular flexibility index (Phi) is 2.95. The first-order valence-electron chi connectivity index (χ1n) is 6.17. The van der Waals surface area contributed by atoms with Crippen molar-refractivity contribution in [1.82, 2.24) is 10.5 Å². The smallest absolute Gasteiger partial charge is 0.290 e. The van der Waals surface area contributed by atoms with Crippen LogP contribution in [0, 0.1) is 6.92 Å². The molecule has 5 nitrogen and oxygen atoms in total. The zero-order chi connectivity index (χ0) is 13.2. The maximum Gasteiger partial charge on any atom is 0.290 e. The topological polar surface area (TPSA) is 64.4 Å². The molecule has 3 rings (SSSR count). The summed E-state index contributed by atoms with van der Waals surface area (Å²) in [6.45, 7) is 2.25. The van der Waals surface area contributed by atoms with Crippen LogP contribution in [0.2, 0.25) is 0 Å². The zero-order valence-electron chi connectivity index (χ0n) is 10.6. The molecule has 19 heavy (non-hydrogen) atoms. The normalized spacial score (nSPS) is 17.4. The third-order valence-electron chi connectivity index (χ3n) is 3.07. The first-order valence-corrected chi connectivity index (χ1v) is 6.17. The average molecular weight is 258 g/mol.